The highest BCUT2D eigenvalue weighted by atomic mass is 35.5. The van der Waals surface area contributed by atoms with Gasteiger partial charge in [-0.3, -0.25) is 9.38 Å². The largest absolute Gasteiger partial charge is 0.464 e. The van der Waals surface area contributed by atoms with Gasteiger partial charge in [0.2, 0.25) is 0 Å². The van der Waals surface area contributed by atoms with Gasteiger partial charge in [0, 0.05) is 18.0 Å². The molecule has 3 rings (SSSR count). The van der Waals surface area contributed by atoms with Crippen LogP contribution in [0.3, 0.4) is 0 Å². The molecule has 0 saturated heterocycles. The third kappa shape index (κ3) is 1.92. The highest BCUT2D eigenvalue weighted by Gasteiger charge is 2.18. The van der Waals surface area contributed by atoms with Gasteiger partial charge in [0.1, 0.15) is 11.5 Å². The topological polar surface area (TPSA) is 56.5 Å². The zero-order valence-electron chi connectivity index (χ0n) is 10.6. The number of esters is 1. The molecule has 3 heterocycles. The number of pyridine rings is 2. The zero-order valence-corrected chi connectivity index (χ0v) is 11.3. The van der Waals surface area contributed by atoms with Crippen LogP contribution in [-0.4, -0.2) is 27.4 Å². The molecule has 0 aliphatic rings. The molecule has 6 heteroatoms. The van der Waals surface area contributed by atoms with Gasteiger partial charge in [-0.15, -0.1) is 0 Å². The summed E-state index contributed by atoms with van der Waals surface area (Å²) in [7, 11) is 1.34. The smallest absolute Gasteiger partial charge is 0.355 e. The van der Waals surface area contributed by atoms with Crippen LogP contribution >= 0.6 is 11.6 Å². The van der Waals surface area contributed by atoms with E-state index >= 15 is 0 Å². The average Bonchev–Trinajstić information content (AvgIpc) is 2.85. The lowest BCUT2D eigenvalue weighted by molar-refractivity contribution is 0.0592. The van der Waals surface area contributed by atoms with Gasteiger partial charge in [-0.1, -0.05) is 17.7 Å². The Labute approximate surface area is 119 Å². The molecule has 0 spiro atoms. The number of ether oxygens (including phenoxy) is 1. The number of imidazole rings is 1. The lowest BCUT2D eigenvalue weighted by atomic mass is 10.2. The monoisotopic (exact) mass is 287 g/mol. The third-order valence-electron chi connectivity index (χ3n) is 2.95. The SMILES string of the molecule is COC(=O)c1cccc2c(Cl)nc(-c3ccncc3)n12. The molecule has 0 bridgehead atoms. The van der Waals surface area contributed by atoms with Crippen LogP contribution in [0.15, 0.2) is 42.7 Å². The van der Waals surface area contributed by atoms with Crippen molar-refractivity contribution in [2.75, 3.05) is 7.11 Å². The number of fused-ring (bicyclic) bond motifs is 1. The van der Waals surface area contributed by atoms with Gasteiger partial charge in [-0.25, -0.2) is 9.78 Å². The minimum atomic E-state index is -0.444. The van der Waals surface area contributed by atoms with E-state index in [1.807, 2.05) is 0 Å². The summed E-state index contributed by atoms with van der Waals surface area (Å²) < 4.78 is 6.49. The Kier molecular flexibility index (Phi) is 3.12. The Bertz CT molecular complexity index is 784. The summed E-state index contributed by atoms with van der Waals surface area (Å²) in [5.41, 5.74) is 1.84. The second kappa shape index (κ2) is 4.94. The third-order valence-corrected chi connectivity index (χ3v) is 3.23. The van der Waals surface area contributed by atoms with E-state index in [9.17, 15) is 4.79 Å². The van der Waals surface area contributed by atoms with E-state index in [-0.39, 0.29) is 0 Å². The van der Waals surface area contributed by atoms with E-state index < -0.39 is 5.97 Å². The van der Waals surface area contributed by atoms with Crippen molar-refractivity contribution < 1.29 is 9.53 Å². The first-order chi connectivity index (χ1) is 9.72. The average molecular weight is 288 g/mol. The molecule has 0 aliphatic carbocycles. The standard InChI is InChI=1S/C14H10ClN3O2/c1-20-14(19)11-4-2-3-10-12(15)17-13(18(10)11)9-5-7-16-8-6-9/h2-8H,1H3. The number of methoxy groups -OCH3 is 1. The van der Waals surface area contributed by atoms with Gasteiger partial charge in [0.05, 0.1) is 12.6 Å². The molecule has 0 atom stereocenters. The maximum Gasteiger partial charge on any atom is 0.355 e. The number of nitrogens with zero attached hydrogens (tertiary/aromatic N) is 3. The Hall–Kier alpha value is -2.40. The minimum absolute atomic E-state index is 0.336. The van der Waals surface area contributed by atoms with Crippen molar-refractivity contribution in [3.8, 4) is 11.4 Å². The summed E-state index contributed by atoms with van der Waals surface area (Å²) in [6.07, 6.45) is 3.32. The van der Waals surface area contributed by atoms with E-state index in [1.165, 1.54) is 7.11 Å². The first-order valence-electron chi connectivity index (χ1n) is 5.88. The summed E-state index contributed by atoms with van der Waals surface area (Å²) in [5.74, 6) is 0.133. The Balaban J connectivity index is 2.36. The molecule has 3 aromatic rings. The molecular formula is C14H10ClN3O2. The number of rotatable bonds is 2. The number of hydrogen-bond donors (Lipinski definition) is 0. The van der Waals surface area contributed by atoms with E-state index in [0.29, 0.717) is 22.2 Å². The van der Waals surface area contributed by atoms with Crippen LogP contribution < -0.4 is 0 Å². The van der Waals surface area contributed by atoms with Crippen molar-refractivity contribution >= 4 is 23.1 Å². The Morgan fingerprint density at radius 3 is 2.70 bits per heavy atom. The fourth-order valence-electron chi connectivity index (χ4n) is 2.06. The van der Waals surface area contributed by atoms with Gasteiger partial charge in [0.15, 0.2) is 5.15 Å². The van der Waals surface area contributed by atoms with Crippen LogP contribution in [0.2, 0.25) is 5.15 Å². The molecule has 0 saturated carbocycles. The molecule has 3 aromatic heterocycles. The minimum Gasteiger partial charge on any atom is -0.464 e. The molecule has 0 radical (unpaired) electrons. The van der Waals surface area contributed by atoms with Crippen molar-refractivity contribution in [2.45, 2.75) is 0 Å². The van der Waals surface area contributed by atoms with E-state index in [2.05, 4.69) is 9.97 Å². The molecule has 0 N–H and O–H groups in total. The quantitative estimate of drug-likeness (QED) is 0.680. The molecule has 0 unspecified atom stereocenters. The van der Waals surface area contributed by atoms with E-state index in [4.69, 9.17) is 16.3 Å². The first kappa shape index (κ1) is 12.6. The summed E-state index contributed by atoms with van der Waals surface area (Å²) in [4.78, 5) is 20.2. The lowest BCUT2D eigenvalue weighted by Gasteiger charge is -2.06. The summed E-state index contributed by atoms with van der Waals surface area (Å²) in [5, 5.41) is 0.336. The molecule has 100 valence electrons. The van der Waals surface area contributed by atoms with Crippen molar-refractivity contribution in [3.63, 3.8) is 0 Å². The second-order valence-corrected chi connectivity index (χ2v) is 4.44. The van der Waals surface area contributed by atoms with Gasteiger partial charge < -0.3 is 4.74 Å². The van der Waals surface area contributed by atoms with Gasteiger partial charge in [-0.05, 0) is 24.3 Å². The van der Waals surface area contributed by atoms with Crippen LogP contribution in [0.1, 0.15) is 10.5 Å². The van der Waals surface area contributed by atoms with Crippen molar-refractivity contribution in [2.24, 2.45) is 0 Å². The van der Waals surface area contributed by atoms with Crippen molar-refractivity contribution in [1.82, 2.24) is 14.4 Å². The Morgan fingerprint density at radius 1 is 1.25 bits per heavy atom. The fraction of sp³-hybridized carbons (Fsp3) is 0.0714. The maximum absolute atomic E-state index is 11.9. The van der Waals surface area contributed by atoms with Crippen LogP contribution in [0, 0.1) is 0 Å². The summed E-state index contributed by atoms with van der Waals surface area (Å²) in [6, 6.07) is 8.82. The maximum atomic E-state index is 11.9. The first-order valence-corrected chi connectivity index (χ1v) is 6.26. The van der Waals surface area contributed by atoms with E-state index in [1.54, 1.807) is 47.1 Å². The second-order valence-electron chi connectivity index (χ2n) is 4.09. The highest BCUT2D eigenvalue weighted by Crippen LogP contribution is 2.27. The molecule has 20 heavy (non-hydrogen) atoms. The van der Waals surface area contributed by atoms with Crippen LogP contribution in [0.5, 0.6) is 0 Å². The number of halogens is 1. The fourth-order valence-corrected chi connectivity index (χ4v) is 2.28. The van der Waals surface area contributed by atoms with Crippen LogP contribution in [-0.2, 0) is 4.74 Å². The molecule has 0 amide bonds. The lowest BCUT2D eigenvalue weighted by Crippen LogP contribution is -2.08. The number of carbonyl (C=O) groups is 1. The van der Waals surface area contributed by atoms with Crippen LogP contribution in [0.25, 0.3) is 16.9 Å². The molecular weight excluding hydrogens is 278 g/mol. The zero-order chi connectivity index (χ0) is 14.1. The summed E-state index contributed by atoms with van der Waals surface area (Å²) in [6.45, 7) is 0. The predicted octanol–water partition coefficient (Wildman–Crippen LogP) is 2.84. The number of carbonyl (C=O) groups excluding carboxylic acids is 1. The Morgan fingerprint density at radius 2 is 2.00 bits per heavy atom. The van der Waals surface area contributed by atoms with Crippen molar-refractivity contribution in [3.05, 3.63) is 53.6 Å². The van der Waals surface area contributed by atoms with Crippen molar-refractivity contribution in [1.29, 1.82) is 0 Å². The van der Waals surface area contributed by atoms with Gasteiger partial charge >= 0.3 is 5.97 Å². The summed E-state index contributed by atoms with van der Waals surface area (Å²) >= 11 is 6.15. The van der Waals surface area contributed by atoms with E-state index in [0.717, 1.165) is 5.56 Å². The normalized spacial score (nSPS) is 10.7. The highest BCUT2D eigenvalue weighted by molar-refractivity contribution is 6.33. The molecule has 0 aliphatic heterocycles. The number of aromatic nitrogens is 3. The predicted molar refractivity (Wildman–Crippen MR) is 74.8 cm³/mol. The molecule has 0 aromatic carbocycles. The van der Waals surface area contributed by atoms with Gasteiger partial charge in [-0.2, -0.15) is 0 Å². The molecule has 5 nitrogen and oxygen atoms in total. The van der Waals surface area contributed by atoms with Gasteiger partial charge in [0.25, 0.3) is 0 Å². The number of hydrogen-bond acceptors (Lipinski definition) is 4. The molecule has 0 fully saturated rings. The van der Waals surface area contributed by atoms with Crippen LogP contribution in [0.4, 0.5) is 0 Å².